The van der Waals surface area contributed by atoms with Crippen LogP contribution in [-0.4, -0.2) is 0 Å². The monoisotopic (exact) mass is 674 g/mol. The van der Waals surface area contributed by atoms with Crippen LogP contribution < -0.4 is 20.2 Å². The van der Waals surface area contributed by atoms with Crippen LogP contribution in [0.4, 0.5) is 28.4 Å². The van der Waals surface area contributed by atoms with Gasteiger partial charge in [-0.3, -0.25) is 0 Å². The summed E-state index contributed by atoms with van der Waals surface area (Å²) in [5, 5.41) is 5.14. The summed E-state index contributed by atoms with van der Waals surface area (Å²) < 4.78 is 0. The molecule has 7 aromatic rings. The van der Waals surface area contributed by atoms with Crippen molar-refractivity contribution in [1.29, 1.82) is 0 Å². The Morgan fingerprint density at radius 3 is 1.33 bits per heavy atom. The zero-order chi connectivity index (χ0) is 35.9. The van der Waals surface area contributed by atoms with Gasteiger partial charge < -0.3 is 9.80 Å². The minimum absolute atomic E-state index is 0.267. The van der Waals surface area contributed by atoms with E-state index in [0.717, 1.165) is 17.8 Å². The molecule has 1 aliphatic carbocycles. The molecule has 0 aromatic heterocycles. The Hall–Kier alpha value is -5.86. The minimum Gasteiger partial charge on any atom is -0.313 e. The van der Waals surface area contributed by atoms with Crippen molar-refractivity contribution in [2.45, 2.75) is 48.0 Å². The molecular formula is C50H46N2. The van der Waals surface area contributed by atoms with Gasteiger partial charge in [0, 0.05) is 45.0 Å². The molecule has 2 heteroatoms. The molecule has 0 fully saturated rings. The van der Waals surface area contributed by atoms with Gasteiger partial charge in [-0.1, -0.05) is 126 Å². The predicted molar refractivity (Wildman–Crippen MR) is 223 cm³/mol. The molecule has 0 N–H and O–H groups in total. The van der Waals surface area contributed by atoms with E-state index in [1.54, 1.807) is 0 Å². The van der Waals surface area contributed by atoms with Gasteiger partial charge in [0.15, 0.2) is 0 Å². The van der Waals surface area contributed by atoms with Crippen LogP contribution in [0, 0.1) is 40.5 Å². The summed E-state index contributed by atoms with van der Waals surface area (Å²) in [5.41, 5.74) is 16.3. The molecule has 8 rings (SSSR count). The normalized spacial score (nSPS) is 14.0. The maximum absolute atomic E-state index is 2.49. The molecule has 1 atom stereocenters. The quantitative estimate of drug-likeness (QED) is 0.166. The summed E-state index contributed by atoms with van der Waals surface area (Å²) in [4.78, 5) is 4.93. The molecule has 2 nitrogen and oxygen atoms in total. The predicted octanol–water partition coefficient (Wildman–Crippen LogP) is 12.0. The third kappa shape index (κ3) is 6.09. The smallest absolute Gasteiger partial charge is 0.0569 e. The zero-order valence-electron chi connectivity index (χ0n) is 31.1. The Balaban J connectivity index is 1.39. The van der Waals surface area contributed by atoms with Crippen molar-refractivity contribution in [3.8, 4) is 0 Å². The molecule has 256 valence electrons. The summed E-state index contributed by atoms with van der Waals surface area (Å²) in [6, 6.07) is 56.3. The summed E-state index contributed by atoms with van der Waals surface area (Å²) in [6.07, 6.45) is 0.934. The highest BCUT2D eigenvalue weighted by Crippen LogP contribution is 2.45. The second-order valence-corrected chi connectivity index (χ2v) is 14.7. The van der Waals surface area contributed by atoms with Gasteiger partial charge in [0.05, 0.1) is 5.69 Å². The van der Waals surface area contributed by atoms with E-state index in [2.05, 4.69) is 203 Å². The third-order valence-corrected chi connectivity index (χ3v) is 10.7. The van der Waals surface area contributed by atoms with Gasteiger partial charge in [0.1, 0.15) is 0 Å². The highest BCUT2D eigenvalue weighted by molar-refractivity contribution is 6.06. The summed E-state index contributed by atoms with van der Waals surface area (Å²) >= 11 is 0. The fraction of sp³-hybridized carbons (Fsp3) is 0.160. The van der Waals surface area contributed by atoms with Crippen molar-refractivity contribution >= 4 is 50.5 Å². The van der Waals surface area contributed by atoms with Gasteiger partial charge in [0.25, 0.3) is 0 Å². The van der Waals surface area contributed by atoms with E-state index >= 15 is 0 Å². The van der Waals surface area contributed by atoms with E-state index in [9.17, 15) is 0 Å². The minimum atomic E-state index is 0.267. The van der Waals surface area contributed by atoms with Gasteiger partial charge in [0.2, 0.25) is 0 Å². The molecule has 0 amide bonds. The molecule has 0 heterocycles. The molecule has 1 aliphatic rings. The average molecular weight is 675 g/mol. The summed E-state index contributed by atoms with van der Waals surface area (Å²) in [5.74, 6) is 0.267. The Morgan fingerprint density at radius 2 is 0.846 bits per heavy atom. The van der Waals surface area contributed by atoms with Gasteiger partial charge >= 0.3 is 0 Å². The lowest BCUT2D eigenvalue weighted by molar-refractivity contribution is 0.742. The van der Waals surface area contributed by atoms with E-state index in [-0.39, 0.29) is 5.92 Å². The van der Waals surface area contributed by atoms with E-state index in [1.807, 2.05) is 0 Å². The zero-order valence-corrected chi connectivity index (χ0v) is 31.1. The van der Waals surface area contributed by atoms with Gasteiger partial charge in [-0.2, -0.15) is 0 Å². The second kappa shape index (κ2) is 13.7. The van der Waals surface area contributed by atoms with Gasteiger partial charge in [-0.25, -0.2) is 0 Å². The summed E-state index contributed by atoms with van der Waals surface area (Å²) in [7, 11) is 0. The number of hydrogen-bond donors (Lipinski definition) is 0. The maximum Gasteiger partial charge on any atom is 0.0569 e. The first-order chi connectivity index (χ1) is 25.3. The largest absolute Gasteiger partial charge is 0.313 e. The third-order valence-electron chi connectivity index (χ3n) is 10.7. The van der Waals surface area contributed by atoms with Crippen LogP contribution in [0.2, 0.25) is 0 Å². The molecule has 0 bridgehead atoms. The lowest BCUT2D eigenvalue weighted by Gasteiger charge is -2.35. The van der Waals surface area contributed by atoms with Gasteiger partial charge in [-0.15, -0.1) is 0 Å². The van der Waals surface area contributed by atoms with Crippen LogP contribution in [0.25, 0.3) is 22.0 Å². The molecule has 7 aromatic carbocycles. The van der Waals surface area contributed by atoms with Crippen LogP contribution in [0.1, 0.15) is 46.7 Å². The average Bonchev–Trinajstić information content (AvgIpc) is 3.16. The van der Waals surface area contributed by atoms with Crippen LogP contribution in [0.5, 0.6) is 0 Å². The molecule has 0 spiro atoms. The Labute approximate surface area is 308 Å². The van der Waals surface area contributed by atoms with E-state index in [4.69, 9.17) is 0 Å². The van der Waals surface area contributed by atoms with Crippen molar-refractivity contribution < 1.29 is 0 Å². The molecule has 0 saturated carbocycles. The lowest BCUT2D eigenvalue weighted by atomic mass is 9.82. The van der Waals surface area contributed by atoms with Crippen molar-refractivity contribution in [2.75, 3.05) is 9.80 Å². The molecule has 0 aliphatic heterocycles. The topological polar surface area (TPSA) is 6.48 Å². The maximum atomic E-state index is 2.49. The van der Waals surface area contributed by atoms with Crippen LogP contribution in [0.15, 0.2) is 152 Å². The van der Waals surface area contributed by atoms with Crippen molar-refractivity contribution in [3.05, 3.63) is 195 Å². The number of anilines is 5. The fourth-order valence-electron chi connectivity index (χ4n) is 8.00. The number of benzene rings is 7. The van der Waals surface area contributed by atoms with Crippen LogP contribution >= 0.6 is 0 Å². The molecule has 0 radical (unpaired) electrons. The van der Waals surface area contributed by atoms with Crippen molar-refractivity contribution in [2.24, 2.45) is 5.92 Å². The first kappa shape index (κ1) is 33.3. The van der Waals surface area contributed by atoms with Crippen LogP contribution in [-0.2, 0) is 0 Å². The highest BCUT2D eigenvalue weighted by Gasteiger charge is 2.28. The van der Waals surface area contributed by atoms with Crippen molar-refractivity contribution in [3.63, 3.8) is 0 Å². The Morgan fingerprint density at radius 1 is 0.442 bits per heavy atom. The second-order valence-electron chi connectivity index (χ2n) is 14.7. The summed E-state index contributed by atoms with van der Waals surface area (Å²) in [6.45, 7) is 13.3. The lowest BCUT2D eigenvalue weighted by Crippen LogP contribution is -2.40. The number of aryl methyl sites for hydroxylation is 5. The first-order valence-electron chi connectivity index (χ1n) is 18.5. The molecule has 1 unspecified atom stereocenters. The first-order valence-corrected chi connectivity index (χ1v) is 18.5. The fourth-order valence-corrected chi connectivity index (χ4v) is 8.00. The Kier molecular flexibility index (Phi) is 8.77. The van der Waals surface area contributed by atoms with Crippen molar-refractivity contribution in [1.82, 2.24) is 0 Å². The van der Waals surface area contributed by atoms with E-state index < -0.39 is 0 Å². The molecular weight excluding hydrogens is 629 g/mol. The number of fused-ring (bicyclic) bond motifs is 2. The molecule has 52 heavy (non-hydrogen) atoms. The van der Waals surface area contributed by atoms with Gasteiger partial charge in [-0.05, 0) is 123 Å². The SMILES string of the molecule is Cc1ccc(N(C2=c3ccccc3=C(c3cc(C)c(N(c4ccc(C)cc4)c4ccc(C)cc4)c4ccccc34)CC2C)c2ccc(C)cc2)cc1. The standard InChI is InChI=1S/C50H46N2/c1-33-15-23-39(24-16-33)51(40-25-17-34(2)18-26-40)49-37(5)31-47(43-11-7-9-13-45(43)49)48-32-38(6)50(46-14-10-8-12-44(46)48)52(41-27-19-35(3)20-28-41)42-29-21-36(4)22-30-42/h7-31,38H,32H2,1-6H3. The number of rotatable bonds is 7. The number of hydrogen-bond acceptors (Lipinski definition) is 2. The number of nitrogens with zero attached hydrogens (tertiary/aromatic N) is 2. The van der Waals surface area contributed by atoms with Crippen LogP contribution in [0.3, 0.4) is 0 Å². The Bertz CT molecular complexity index is 2430. The van der Waals surface area contributed by atoms with E-state index in [0.29, 0.717) is 0 Å². The highest BCUT2D eigenvalue weighted by atomic mass is 15.2. The molecule has 0 saturated heterocycles. The van der Waals surface area contributed by atoms with E-state index in [1.165, 1.54) is 82.9 Å².